The summed E-state index contributed by atoms with van der Waals surface area (Å²) in [7, 11) is 11.1. The minimum atomic E-state index is -1.84. The van der Waals surface area contributed by atoms with Crippen molar-refractivity contribution in [3.63, 3.8) is 0 Å². The monoisotopic (exact) mass is 594 g/mol. The largest absolute Gasteiger partial charge is 0.168 e. The molecule has 0 bridgehead atoms. The third-order valence-electron chi connectivity index (χ3n) is 6.45. The van der Waals surface area contributed by atoms with Crippen LogP contribution in [0.15, 0.2) is 72.8 Å². The minimum absolute atomic E-state index is 0.177. The van der Waals surface area contributed by atoms with E-state index in [2.05, 4.69) is 120 Å². The van der Waals surface area contributed by atoms with Crippen molar-refractivity contribution < 1.29 is 18.9 Å². The zero-order valence-corrected chi connectivity index (χ0v) is 26.9. The molecule has 0 N–H and O–H groups in total. The van der Waals surface area contributed by atoms with Crippen molar-refractivity contribution >= 4 is 31.0 Å². The summed E-state index contributed by atoms with van der Waals surface area (Å²) in [6.07, 6.45) is 1.03. The average molecular weight is 597 g/mol. The molecule has 3 heteroatoms. The van der Waals surface area contributed by atoms with Crippen LogP contribution in [0.2, 0.25) is 0 Å². The Balaban J connectivity index is 0.000000197. The van der Waals surface area contributed by atoms with E-state index in [4.69, 9.17) is 17.0 Å². The van der Waals surface area contributed by atoms with Gasteiger partial charge in [-0.1, -0.05) is 82.3 Å². The first-order chi connectivity index (χ1) is 16.8. The van der Waals surface area contributed by atoms with E-state index in [0.29, 0.717) is 0 Å². The molecule has 0 saturated carbocycles. The molecule has 0 radical (unpaired) electrons. The Morgan fingerprint density at radius 1 is 0.833 bits per heavy atom. The van der Waals surface area contributed by atoms with Gasteiger partial charge in [0, 0.05) is 0 Å². The van der Waals surface area contributed by atoms with Gasteiger partial charge in [0.2, 0.25) is 0 Å². The summed E-state index contributed by atoms with van der Waals surface area (Å²) in [5, 5.41) is 2.66. The normalized spacial score (nSPS) is 12.1. The van der Waals surface area contributed by atoms with Crippen LogP contribution in [-0.4, -0.2) is 3.21 Å². The second-order valence-corrected chi connectivity index (χ2v) is 21.1. The zero-order chi connectivity index (χ0) is 26.7. The zero-order valence-electron chi connectivity index (χ0n) is 22.9. The standard InChI is InChI=1S/C21H25.C9H7.C3H6.2ClH.Zr/c1-20(2,3)16-9-7-14-11-15-8-10-17(21(4,5)6)13-19(15)18(14)12-16;1-2-5-9-7-3-6-8(9)4-1;1-3-2;;;/h7,9-10,12-13H,11H2,1-6H3;1-7H;1-2H3;2*1H;/q2*-1;;;;+2/p-2. The summed E-state index contributed by atoms with van der Waals surface area (Å²) < 4.78 is 1.24. The molecule has 4 aromatic carbocycles. The quantitative estimate of drug-likeness (QED) is 0.156. The van der Waals surface area contributed by atoms with Crippen LogP contribution in [0.1, 0.15) is 77.6 Å². The molecule has 0 saturated heterocycles. The molecule has 0 spiro atoms. The number of halogens is 2. The Labute approximate surface area is 233 Å². The molecule has 0 amide bonds. The fourth-order valence-corrected chi connectivity index (χ4v) is 4.05. The maximum Gasteiger partial charge on any atom is -0.0809 e. The van der Waals surface area contributed by atoms with Crippen LogP contribution < -0.4 is 0 Å². The topological polar surface area (TPSA) is 0 Å². The first-order valence-corrected chi connectivity index (χ1v) is 20.1. The van der Waals surface area contributed by atoms with Gasteiger partial charge in [-0.3, -0.25) is 0 Å². The summed E-state index contributed by atoms with van der Waals surface area (Å²) in [5.74, 6) is 0. The van der Waals surface area contributed by atoms with Crippen molar-refractivity contribution in [1.29, 1.82) is 0 Å². The number of hydrogen-bond acceptors (Lipinski definition) is 0. The molecular weight excluding hydrogens is 558 g/mol. The van der Waals surface area contributed by atoms with Gasteiger partial charge in [0.05, 0.1) is 0 Å². The molecule has 5 rings (SSSR count). The summed E-state index contributed by atoms with van der Waals surface area (Å²) in [6, 6.07) is 29.7. The van der Waals surface area contributed by atoms with E-state index in [9.17, 15) is 0 Å². The summed E-state index contributed by atoms with van der Waals surface area (Å²) >= 11 is -1.84. The Morgan fingerprint density at radius 3 is 2.03 bits per heavy atom. The van der Waals surface area contributed by atoms with Crippen molar-refractivity contribution in [2.24, 2.45) is 0 Å². The van der Waals surface area contributed by atoms with Gasteiger partial charge in [0.15, 0.2) is 0 Å². The first kappa shape index (κ1) is 29.2. The van der Waals surface area contributed by atoms with Crippen LogP contribution in [-0.2, 0) is 36.1 Å². The van der Waals surface area contributed by atoms with E-state index in [1.165, 1.54) is 47.4 Å². The maximum atomic E-state index is 5.54. The van der Waals surface area contributed by atoms with Crippen molar-refractivity contribution in [2.75, 3.05) is 0 Å². The van der Waals surface area contributed by atoms with E-state index in [-0.39, 0.29) is 10.8 Å². The van der Waals surface area contributed by atoms with Gasteiger partial charge < -0.3 is 0 Å². The molecule has 36 heavy (non-hydrogen) atoms. The molecule has 0 aromatic heterocycles. The van der Waals surface area contributed by atoms with E-state index in [1.807, 2.05) is 13.8 Å². The number of rotatable bonds is 0. The molecule has 0 nitrogen and oxygen atoms in total. The number of hydrogen-bond donors (Lipinski definition) is 0. The molecule has 190 valence electrons. The fourth-order valence-electron chi connectivity index (χ4n) is 4.05. The van der Waals surface area contributed by atoms with Crippen LogP contribution in [0.25, 0.3) is 21.9 Å². The third kappa shape index (κ3) is 7.57. The van der Waals surface area contributed by atoms with E-state index in [1.54, 1.807) is 0 Å². The van der Waals surface area contributed by atoms with E-state index < -0.39 is 18.9 Å². The Morgan fingerprint density at radius 2 is 1.44 bits per heavy atom. The number of benzene rings is 3. The molecule has 1 aliphatic carbocycles. The molecule has 4 aromatic rings. The van der Waals surface area contributed by atoms with E-state index in [0.717, 1.165) is 6.42 Å². The van der Waals surface area contributed by atoms with Crippen molar-refractivity contribution in [1.82, 2.24) is 0 Å². The molecule has 1 aliphatic rings. The average Bonchev–Trinajstić information content (AvgIpc) is 3.42. The Hall–Kier alpha value is -1.40. The van der Waals surface area contributed by atoms with Crippen LogP contribution in [0.4, 0.5) is 0 Å². The predicted molar refractivity (Wildman–Crippen MR) is 159 cm³/mol. The van der Waals surface area contributed by atoms with Crippen LogP contribution in [0.3, 0.4) is 0 Å². The first-order valence-electron chi connectivity index (χ1n) is 12.5. The van der Waals surface area contributed by atoms with Gasteiger partial charge in [0.25, 0.3) is 0 Å². The summed E-state index contributed by atoms with van der Waals surface area (Å²) in [5.41, 5.74) is 8.76. The third-order valence-corrected chi connectivity index (χ3v) is 12.8. The van der Waals surface area contributed by atoms with Gasteiger partial charge in [-0.05, 0) is 17.4 Å². The Kier molecular flexibility index (Phi) is 9.71. The van der Waals surface area contributed by atoms with E-state index >= 15 is 0 Å². The van der Waals surface area contributed by atoms with Gasteiger partial charge in [-0.25, -0.2) is 0 Å². The molecule has 0 atom stereocenters. The van der Waals surface area contributed by atoms with Crippen LogP contribution in [0.5, 0.6) is 0 Å². The van der Waals surface area contributed by atoms with Gasteiger partial charge in [-0.2, -0.15) is 46.8 Å². The molecule has 0 aliphatic heterocycles. The second-order valence-electron chi connectivity index (χ2n) is 11.7. The number of fused-ring (bicyclic) bond motifs is 4. The van der Waals surface area contributed by atoms with Gasteiger partial charge in [-0.15, -0.1) is 35.2 Å². The van der Waals surface area contributed by atoms with Crippen LogP contribution in [0, 0.1) is 6.07 Å². The smallest absolute Gasteiger partial charge is 0.0809 e. The fraction of sp³-hybridized carbons (Fsp3) is 0.333. The van der Waals surface area contributed by atoms with Crippen molar-refractivity contribution in [3.05, 3.63) is 101 Å². The van der Waals surface area contributed by atoms with Gasteiger partial charge >= 0.3 is 53.0 Å². The molecule has 0 heterocycles. The second kappa shape index (κ2) is 12.0. The summed E-state index contributed by atoms with van der Waals surface area (Å²) in [4.78, 5) is 0. The molecule has 0 fully saturated rings. The predicted octanol–water partition coefficient (Wildman–Crippen LogP) is 10.3. The van der Waals surface area contributed by atoms with Gasteiger partial charge in [0.1, 0.15) is 0 Å². The summed E-state index contributed by atoms with van der Waals surface area (Å²) in [6.45, 7) is 17.6. The van der Waals surface area contributed by atoms with Crippen molar-refractivity contribution in [2.45, 2.75) is 72.6 Å². The Bertz CT molecular complexity index is 1250. The van der Waals surface area contributed by atoms with Crippen molar-refractivity contribution in [3.8, 4) is 11.1 Å². The minimum Gasteiger partial charge on any atom is -0.168 e. The molecule has 0 unspecified atom stereocenters. The SMILES string of the molecule is CC(C)(C)c1c[c-]c2c(c1)-c1cc(C(C)(C)C)ccc1C2.C[C](C)=[Zr]([Cl])[Cl].c1ccc2[cH-]ccc2c1. The van der Waals surface area contributed by atoms with Crippen LogP contribution >= 0.6 is 17.0 Å². The molecular formula is C33H38Cl2Zr-2. The maximum absolute atomic E-state index is 5.54.